The molecule has 3 aliphatic heterocycles. The van der Waals surface area contributed by atoms with Crippen molar-refractivity contribution in [2.24, 2.45) is 5.92 Å². The number of ether oxygens (including phenoxy) is 5. The van der Waals surface area contributed by atoms with Gasteiger partial charge in [0, 0.05) is 13.8 Å². The van der Waals surface area contributed by atoms with Crippen molar-refractivity contribution in [1.82, 2.24) is 0 Å². The van der Waals surface area contributed by atoms with Gasteiger partial charge < -0.3 is 33.9 Å². The summed E-state index contributed by atoms with van der Waals surface area (Å²) in [5.74, 6) is -0.547. The van der Waals surface area contributed by atoms with Gasteiger partial charge in [-0.3, -0.25) is 9.59 Å². The molecule has 9 heteroatoms. The molecule has 3 rings (SSSR count). The summed E-state index contributed by atoms with van der Waals surface area (Å²) in [7, 11) is 0. The van der Waals surface area contributed by atoms with Crippen molar-refractivity contribution in [2.45, 2.75) is 186 Å². The molecule has 3 fully saturated rings. The topological polar surface area (TPSA) is 121 Å². The zero-order valence-electron chi connectivity index (χ0n) is 28.1. The molecule has 7 unspecified atom stereocenters. The van der Waals surface area contributed by atoms with Crippen molar-refractivity contribution in [3.63, 3.8) is 0 Å². The summed E-state index contributed by atoms with van der Waals surface area (Å²) in [6.45, 7) is 20.3. The number of hydrogen-bond acceptors (Lipinski definition) is 9. The first-order valence-corrected chi connectivity index (χ1v) is 16.2. The molecule has 0 aromatic carbocycles. The summed E-state index contributed by atoms with van der Waals surface area (Å²) in [4.78, 5) is 23.6. The highest BCUT2D eigenvalue weighted by atomic mass is 16.6. The van der Waals surface area contributed by atoms with Crippen LogP contribution in [-0.4, -0.2) is 81.2 Å². The van der Waals surface area contributed by atoms with Gasteiger partial charge in [0.2, 0.25) is 0 Å². The van der Waals surface area contributed by atoms with Crippen LogP contribution >= 0.6 is 0 Å². The molecular formula is C34H58O9. The van der Waals surface area contributed by atoms with E-state index in [1.165, 1.54) is 13.8 Å². The Balaban J connectivity index is 1.63. The summed E-state index contributed by atoms with van der Waals surface area (Å²) in [6.07, 6.45) is 4.87. The first-order valence-electron chi connectivity index (χ1n) is 16.2. The second-order valence-electron chi connectivity index (χ2n) is 14.6. The fraction of sp³-hybridized carbons (Fsp3) is 0.882. The van der Waals surface area contributed by atoms with Crippen LogP contribution in [0.1, 0.15) is 127 Å². The van der Waals surface area contributed by atoms with E-state index in [-0.39, 0.29) is 48.4 Å². The van der Waals surface area contributed by atoms with Crippen LogP contribution < -0.4 is 0 Å². The number of aliphatic hydroxyl groups is 2. The average molecular weight is 611 g/mol. The van der Waals surface area contributed by atoms with Crippen LogP contribution in [0.15, 0.2) is 12.2 Å². The summed E-state index contributed by atoms with van der Waals surface area (Å²) in [5.41, 5.74) is -2.23. The standard InChI is InChI=1S/C34H58O9/c1-21(2)26(37)14-17-31(7,38)27-15-19-34(10,42-27)30-12-11-28-33(9,43-30)20-16-29(40-28)32(8,41-25(6)36)18-13-22(3)23(4)39-24(5)35/h22-23,26-30,37-38H,1,11-20H2,2-10H3/t22?,23?,26?,27?,28-,29-,30-,31?,32?,33+,34?/m1/s1. The van der Waals surface area contributed by atoms with Crippen molar-refractivity contribution in [3.8, 4) is 0 Å². The number of carbonyl (C=O) groups excluding carboxylic acids is 2. The minimum absolute atomic E-state index is 0.0966. The Hall–Kier alpha value is -1.52. The van der Waals surface area contributed by atoms with E-state index in [2.05, 4.69) is 20.4 Å². The van der Waals surface area contributed by atoms with Gasteiger partial charge in [-0.1, -0.05) is 19.1 Å². The van der Waals surface area contributed by atoms with E-state index in [1.54, 1.807) is 13.8 Å². The Morgan fingerprint density at radius 2 is 1.49 bits per heavy atom. The van der Waals surface area contributed by atoms with E-state index < -0.39 is 28.5 Å². The Morgan fingerprint density at radius 1 is 0.907 bits per heavy atom. The zero-order valence-corrected chi connectivity index (χ0v) is 28.1. The molecule has 0 spiro atoms. The molecule has 11 atom stereocenters. The highest BCUT2D eigenvalue weighted by Crippen LogP contribution is 2.49. The lowest BCUT2D eigenvalue weighted by molar-refractivity contribution is -0.291. The van der Waals surface area contributed by atoms with Crippen LogP contribution in [0, 0.1) is 5.92 Å². The molecule has 0 radical (unpaired) electrons. The first kappa shape index (κ1) is 36.0. The van der Waals surface area contributed by atoms with Crippen LogP contribution in [0.5, 0.6) is 0 Å². The number of fused-ring (bicyclic) bond motifs is 1. The Labute approximate surface area is 259 Å². The van der Waals surface area contributed by atoms with Gasteiger partial charge in [-0.15, -0.1) is 0 Å². The fourth-order valence-electron chi connectivity index (χ4n) is 7.17. The quantitative estimate of drug-likeness (QED) is 0.204. The molecule has 0 amide bonds. The van der Waals surface area contributed by atoms with Crippen molar-refractivity contribution in [3.05, 3.63) is 12.2 Å². The molecular weight excluding hydrogens is 552 g/mol. The number of aliphatic hydroxyl groups excluding tert-OH is 1. The van der Waals surface area contributed by atoms with Crippen LogP contribution in [0.4, 0.5) is 0 Å². The number of hydrogen-bond donors (Lipinski definition) is 2. The van der Waals surface area contributed by atoms with E-state index in [1.807, 2.05) is 20.8 Å². The third-order valence-electron chi connectivity index (χ3n) is 10.5. The van der Waals surface area contributed by atoms with Gasteiger partial charge in [-0.25, -0.2) is 0 Å². The van der Waals surface area contributed by atoms with Crippen LogP contribution in [0.25, 0.3) is 0 Å². The number of carbonyl (C=O) groups is 2. The van der Waals surface area contributed by atoms with E-state index in [0.29, 0.717) is 37.7 Å². The highest BCUT2D eigenvalue weighted by molar-refractivity contribution is 5.66. The molecule has 0 aromatic heterocycles. The molecule has 3 heterocycles. The van der Waals surface area contributed by atoms with Crippen molar-refractivity contribution < 1.29 is 43.5 Å². The first-order chi connectivity index (χ1) is 19.8. The lowest BCUT2D eigenvalue weighted by atomic mass is 9.76. The van der Waals surface area contributed by atoms with Gasteiger partial charge in [0.25, 0.3) is 0 Å². The second kappa shape index (κ2) is 13.9. The summed E-state index contributed by atoms with van der Waals surface area (Å²) >= 11 is 0. The SMILES string of the molecule is C=C(C)C(O)CCC(C)(O)C1CCC(C)([C@H]2CC[C@H]3O[C@@H](C(C)(CCC(C)C(C)OC(C)=O)OC(C)=O)CC[C@]3(C)O2)O1. The van der Waals surface area contributed by atoms with Crippen molar-refractivity contribution >= 4 is 11.9 Å². The fourth-order valence-corrected chi connectivity index (χ4v) is 7.17. The maximum Gasteiger partial charge on any atom is 0.303 e. The minimum Gasteiger partial charge on any atom is -0.463 e. The van der Waals surface area contributed by atoms with Gasteiger partial charge in [0.05, 0.1) is 47.3 Å². The van der Waals surface area contributed by atoms with Crippen molar-refractivity contribution in [1.29, 1.82) is 0 Å². The highest BCUT2D eigenvalue weighted by Gasteiger charge is 2.56. The molecule has 0 saturated carbocycles. The van der Waals surface area contributed by atoms with E-state index >= 15 is 0 Å². The molecule has 0 aliphatic carbocycles. The third-order valence-corrected chi connectivity index (χ3v) is 10.5. The van der Waals surface area contributed by atoms with Gasteiger partial charge in [-0.05, 0) is 112 Å². The predicted octanol–water partition coefficient (Wildman–Crippen LogP) is 5.57. The maximum absolute atomic E-state index is 12.2. The Bertz CT molecular complexity index is 996. The largest absolute Gasteiger partial charge is 0.463 e. The zero-order chi connectivity index (χ0) is 32.4. The molecule has 0 bridgehead atoms. The molecule has 9 nitrogen and oxygen atoms in total. The minimum atomic E-state index is -1.06. The van der Waals surface area contributed by atoms with E-state index in [4.69, 9.17) is 23.7 Å². The van der Waals surface area contributed by atoms with Gasteiger partial charge in [0.1, 0.15) is 11.7 Å². The third kappa shape index (κ3) is 8.81. The van der Waals surface area contributed by atoms with E-state index in [9.17, 15) is 19.8 Å². The monoisotopic (exact) mass is 610 g/mol. The van der Waals surface area contributed by atoms with Gasteiger partial charge in [0.15, 0.2) is 0 Å². The summed E-state index contributed by atoms with van der Waals surface area (Å²) in [5, 5.41) is 21.4. The Kier molecular flexibility index (Phi) is 11.6. The van der Waals surface area contributed by atoms with Crippen LogP contribution in [-0.2, 0) is 33.3 Å². The average Bonchev–Trinajstić information content (AvgIpc) is 3.32. The van der Waals surface area contributed by atoms with Crippen molar-refractivity contribution in [2.75, 3.05) is 0 Å². The molecule has 3 aliphatic rings. The molecule has 2 N–H and O–H groups in total. The number of rotatable bonds is 13. The smallest absolute Gasteiger partial charge is 0.303 e. The normalized spacial score (nSPS) is 35.9. The molecule has 43 heavy (non-hydrogen) atoms. The van der Waals surface area contributed by atoms with Crippen LogP contribution in [0.3, 0.4) is 0 Å². The van der Waals surface area contributed by atoms with Crippen LogP contribution in [0.2, 0.25) is 0 Å². The number of esters is 2. The lowest BCUT2D eigenvalue weighted by Gasteiger charge is -2.54. The van der Waals surface area contributed by atoms with Gasteiger partial charge in [-0.2, -0.15) is 0 Å². The predicted molar refractivity (Wildman–Crippen MR) is 163 cm³/mol. The molecule has 248 valence electrons. The summed E-state index contributed by atoms with van der Waals surface area (Å²) < 4.78 is 31.4. The molecule has 3 saturated heterocycles. The summed E-state index contributed by atoms with van der Waals surface area (Å²) in [6, 6.07) is 0. The van der Waals surface area contributed by atoms with E-state index in [0.717, 1.165) is 32.1 Å². The van der Waals surface area contributed by atoms with Gasteiger partial charge >= 0.3 is 11.9 Å². The maximum atomic E-state index is 12.2. The second-order valence-corrected chi connectivity index (χ2v) is 14.6. The lowest BCUT2D eigenvalue weighted by Crippen LogP contribution is -2.62. The molecule has 0 aromatic rings. The Morgan fingerprint density at radius 3 is 2.07 bits per heavy atom.